The third kappa shape index (κ3) is 2.39. The van der Waals surface area contributed by atoms with Gasteiger partial charge in [0.05, 0.1) is 6.26 Å². The third-order valence-electron chi connectivity index (χ3n) is 2.06. The quantitative estimate of drug-likeness (QED) is 0.631. The first-order valence-electron chi connectivity index (χ1n) is 4.80. The van der Waals surface area contributed by atoms with Crippen LogP contribution in [0.1, 0.15) is 16.1 Å². The number of allylic oxidation sites excluding steroid dienone is 1. The average Bonchev–Trinajstić information content (AvgIpc) is 2.79. The van der Waals surface area contributed by atoms with Gasteiger partial charge in [0.25, 0.3) is 0 Å². The van der Waals surface area contributed by atoms with Gasteiger partial charge in [-0.15, -0.1) is 0 Å². The van der Waals surface area contributed by atoms with Gasteiger partial charge in [-0.1, -0.05) is 18.2 Å². The summed E-state index contributed by atoms with van der Waals surface area (Å²) in [5, 5.41) is 9.22. The summed E-state index contributed by atoms with van der Waals surface area (Å²) in [5.41, 5.74) is 0.764. The van der Waals surface area contributed by atoms with Crippen molar-refractivity contribution in [3.8, 4) is 5.75 Å². The number of hydrogen-bond acceptors (Lipinski definition) is 3. The van der Waals surface area contributed by atoms with Crippen molar-refractivity contribution in [2.45, 2.75) is 0 Å². The zero-order valence-corrected chi connectivity index (χ0v) is 8.46. The van der Waals surface area contributed by atoms with Crippen LogP contribution in [0.15, 0.2) is 53.2 Å². The molecule has 1 aromatic carbocycles. The molecule has 16 heavy (non-hydrogen) atoms. The van der Waals surface area contributed by atoms with E-state index in [9.17, 15) is 9.90 Å². The number of carbonyl (C=O) groups is 1. The molecule has 0 atom stereocenters. The summed E-state index contributed by atoms with van der Waals surface area (Å²) in [7, 11) is 0. The van der Waals surface area contributed by atoms with Crippen molar-refractivity contribution in [1.29, 1.82) is 0 Å². The van der Waals surface area contributed by atoms with Crippen molar-refractivity contribution < 1.29 is 14.3 Å². The lowest BCUT2D eigenvalue weighted by Crippen LogP contribution is -1.90. The first-order chi connectivity index (χ1) is 7.75. The Balaban J connectivity index is 2.13. The van der Waals surface area contributed by atoms with Crippen molar-refractivity contribution in [2.75, 3.05) is 0 Å². The number of carbonyl (C=O) groups excluding carboxylic acids is 1. The maximum atomic E-state index is 11.5. The lowest BCUT2D eigenvalue weighted by molar-refractivity contribution is 0.102. The molecule has 0 radical (unpaired) electrons. The SMILES string of the molecule is O=C(C=Cc1cccc(O)c1)c1ccco1. The van der Waals surface area contributed by atoms with E-state index in [1.165, 1.54) is 12.3 Å². The number of phenolic OH excluding ortho intramolecular Hbond substituents is 1. The second-order valence-corrected chi connectivity index (χ2v) is 3.27. The maximum Gasteiger partial charge on any atom is 0.221 e. The smallest absolute Gasteiger partial charge is 0.221 e. The second-order valence-electron chi connectivity index (χ2n) is 3.27. The summed E-state index contributed by atoms with van der Waals surface area (Å²) >= 11 is 0. The molecule has 3 heteroatoms. The van der Waals surface area contributed by atoms with E-state index in [1.807, 2.05) is 0 Å². The molecule has 0 fully saturated rings. The molecule has 0 unspecified atom stereocenters. The number of hydrogen-bond donors (Lipinski definition) is 1. The van der Waals surface area contributed by atoms with Gasteiger partial charge >= 0.3 is 0 Å². The Morgan fingerprint density at radius 2 is 2.12 bits per heavy atom. The topological polar surface area (TPSA) is 50.4 Å². The average molecular weight is 214 g/mol. The van der Waals surface area contributed by atoms with Crippen molar-refractivity contribution in [1.82, 2.24) is 0 Å². The summed E-state index contributed by atoms with van der Waals surface area (Å²) < 4.78 is 4.96. The van der Waals surface area contributed by atoms with Gasteiger partial charge in [-0.2, -0.15) is 0 Å². The maximum absolute atomic E-state index is 11.5. The lowest BCUT2D eigenvalue weighted by atomic mass is 10.2. The molecule has 1 N–H and O–H groups in total. The van der Waals surface area contributed by atoms with Gasteiger partial charge in [-0.3, -0.25) is 4.79 Å². The fourth-order valence-corrected chi connectivity index (χ4v) is 1.30. The van der Waals surface area contributed by atoms with Crippen molar-refractivity contribution >= 4 is 11.9 Å². The monoisotopic (exact) mass is 214 g/mol. The van der Waals surface area contributed by atoms with Crippen LogP contribution in [0.4, 0.5) is 0 Å². The van der Waals surface area contributed by atoms with Crippen LogP contribution in [0.3, 0.4) is 0 Å². The fourth-order valence-electron chi connectivity index (χ4n) is 1.30. The van der Waals surface area contributed by atoms with E-state index < -0.39 is 0 Å². The summed E-state index contributed by atoms with van der Waals surface area (Å²) in [6.45, 7) is 0. The predicted molar refractivity (Wildman–Crippen MR) is 60.2 cm³/mol. The molecule has 1 heterocycles. The Hall–Kier alpha value is -2.29. The Bertz CT molecular complexity index is 510. The van der Waals surface area contributed by atoms with Crippen LogP contribution >= 0.6 is 0 Å². The van der Waals surface area contributed by atoms with Crippen LogP contribution in [0.25, 0.3) is 6.08 Å². The van der Waals surface area contributed by atoms with Crippen LogP contribution in [-0.2, 0) is 0 Å². The Labute approximate surface area is 92.6 Å². The van der Waals surface area contributed by atoms with Gasteiger partial charge in [-0.25, -0.2) is 0 Å². The minimum absolute atomic E-state index is 0.174. The van der Waals surface area contributed by atoms with E-state index in [0.29, 0.717) is 5.76 Å². The van der Waals surface area contributed by atoms with Crippen molar-refractivity contribution in [2.24, 2.45) is 0 Å². The Morgan fingerprint density at radius 1 is 1.25 bits per heavy atom. The third-order valence-corrected chi connectivity index (χ3v) is 2.06. The van der Waals surface area contributed by atoms with E-state index >= 15 is 0 Å². The first-order valence-corrected chi connectivity index (χ1v) is 4.80. The molecule has 0 saturated carbocycles. The number of furan rings is 1. The van der Waals surface area contributed by atoms with Gasteiger partial charge in [0.15, 0.2) is 5.76 Å². The Kier molecular flexibility index (Phi) is 2.87. The van der Waals surface area contributed by atoms with Crippen LogP contribution < -0.4 is 0 Å². The van der Waals surface area contributed by atoms with E-state index in [2.05, 4.69) is 0 Å². The molecule has 0 amide bonds. The summed E-state index contributed by atoms with van der Waals surface area (Å²) in [6.07, 6.45) is 4.49. The summed E-state index contributed by atoms with van der Waals surface area (Å²) in [5.74, 6) is 0.275. The van der Waals surface area contributed by atoms with E-state index in [4.69, 9.17) is 4.42 Å². The molecular weight excluding hydrogens is 204 g/mol. The zero-order valence-electron chi connectivity index (χ0n) is 8.46. The molecule has 3 nitrogen and oxygen atoms in total. The first kappa shape index (κ1) is 10.2. The van der Waals surface area contributed by atoms with Crippen molar-refractivity contribution in [3.63, 3.8) is 0 Å². The Morgan fingerprint density at radius 3 is 2.81 bits per heavy atom. The largest absolute Gasteiger partial charge is 0.508 e. The van der Waals surface area contributed by atoms with E-state index in [-0.39, 0.29) is 11.5 Å². The van der Waals surface area contributed by atoms with E-state index in [0.717, 1.165) is 5.56 Å². The van der Waals surface area contributed by atoms with Gasteiger partial charge in [0.1, 0.15) is 5.75 Å². The summed E-state index contributed by atoms with van der Waals surface area (Å²) in [6, 6.07) is 9.93. The normalized spacial score (nSPS) is 10.8. The van der Waals surface area contributed by atoms with Crippen LogP contribution in [-0.4, -0.2) is 10.9 Å². The number of phenols is 1. The standard InChI is InChI=1S/C13H10O3/c14-11-4-1-3-10(9-11)6-7-12(15)13-5-2-8-16-13/h1-9,14H. The molecule has 80 valence electrons. The highest BCUT2D eigenvalue weighted by Crippen LogP contribution is 2.12. The molecule has 1 aromatic heterocycles. The number of rotatable bonds is 3. The van der Waals surface area contributed by atoms with Crippen LogP contribution in [0.2, 0.25) is 0 Å². The fraction of sp³-hybridized carbons (Fsp3) is 0. The van der Waals surface area contributed by atoms with Gasteiger partial charge in [0.2, 0.25) is 5.78 Å². The molecule has 0 bridgehead atoms. The molecule has 0 spiro atoms. The number of ketones is 1. The van der Waals surface area contributed by atoms with Crippen molar-refractivity contribution in [3.05, 3.63) is 60.1 Å². The molecule has 0 aliphatic carbocycles. The highest BCUT2D eigenvalue weighted by Gasteiger charge is 2.03. The van der Waals surface area contributed by atoms with E-state index in [1.54, 1.807) is 42.5 Å². The minimum atomic E-state index is -0.201. The molecule has 2 rings (SSSR count). The van der Waals surface area contributed by atoms with Crippen LogP contribution in [0, 0.1) is 0 Å². The highest BCUT2D eigenvalue weighted by molar-refractivity contribution is 6.04. The molecule has 0 aliphatic heterocycles. The number of aromatic hydroxyl groups is 1. The van der Waals surface area contributed by atoms with Crippen LogP contribution in [0.5, 0.6) is 5.75 Å². The van der Waals surface area contributed by atoms with Gasteiger partial charge in [-0.05, 0) is 35.9 Å². The van der Waals surface area contributed by atoms with Gasteiger partial charge < -0.3 is 9.52 Å². The molecular formula is C13H10O3. The number of benzene rings is 1. The lowest BCUT2D eigenvalue weighted by Gasteiger charge is -1.94. The minimum Gasteiger partial charge on any atom is -0.508 e. The predicted octanol–water partition coefficient (Wildman–Crippen LogP) is 2.88. The highest BCUT2D eigenvalue weighted by atomic mass is 16.3. The zero-order chi connectivity index (χ0) is 11.4. The second kappa shape index (κ2) is 4.49. The molecule has 2 aromatic rings. The molecule has 0 aliphatic rings. The summed E-state index contributed by atoms with van der Waals surface area (Å²) in [4.78, 5) is 11.5. The molecule has 0 saturated heterocycles. The van der Waals surface area contributed by atoms with Gasteiger partial charge in [0, 0.05) is 0 Å².